The molecule has 10 heteroatoms. The number of anilines is 1. The smallest absolute Gasteiger partial charge is 0.246 e. The summed E-state index contributed by atoms with van der Waals surface area (Å²) in [6, 6.07) is 13.2. The topological polar surface area (TPSA) is 76.4 Å². The van der Waals surface area contributed by atoms with Gasteiger partial charge in [-0.1, -0.05) is 41.4 Å². The van der Waals surface area contributed by atoms with Crippen LogP contribution in [0.1, 0.15) is 0 Å². The summed E-state index contributed by atoms with van der Waals surface area (Å²) in [5, 5.41) is 7.10. The fraction of sp³-hybridized carbons (Fsp3) is 0. The first-order valence-corrected chi connectivity index (χ1v) is 10.4. The Labute approximate surface area is 163 Å². The van der Waals surface area contributed by atoms with Gasteiger partial charge in [-0.05, 0) is 30.3 Å². The van der Waals surface area contributed by atoms with E-state index in [9.17, 15) is 8.42 Å². The van der Waals surface area contributed by atoms with E-state index in [1.165, 1.54) is 23.5 Å². The maximum Gasteiger partial charge on any atom is 0.264 e. The number of fused-ring (bicyclic) bond motifs is 1. The molecule has 0 bridgehead atoms. The molecule has 1 N–H and O–H groups in total. The molecule has 0 saturated heterocycles. The first-order valence-electron chi connectivity index (χ1n) is 7.31. The van der Waals surface area contributed by atoms with Gasteiger partial charge in [0.05, 0.1) is 15.6 Å². The van der Waals surface area contributed by atoms with Crippen LogP contribution in [0.5, 0.6) is 0 Å². The SMILES string of the molecule is O=S(=O)(Nc1nc2scc(-c3ccc(Cl)cc3Cl)n2n1)c1ccccc1. The number of hydrogen-bond acceptors (Lipinski definition) is 5. The summed E-state index contributed by atoms with van der Waals surface area (Å²) >= 11 is 13.5. The molecule has 4 rings (SSSR count). The molecule has 0 atom stereocenters. The molecule has 0 saturated carbocycles. The third kappa shape index (κ3) is 3.16. The molecule has 0 amide bonds. The van der Waals surface area contributed by atoms with Gasteiger partial charge >= 0.3 is 0 Å². The van der Waals surface area contributed by atoms with E-state index in [0.717, 1.165) is 5.56 Å². The van der Waals surface area contributed by atoms with Gasteiger partial charge in [0.1, 0.15) is 0 Å². The molecule has 0 aliphatic rings. The number of aromatic nitrogens is 3. The number of sulfonamides is 1. The second-order valence-electron chi connectivity index (χ2n) is 5.29. The Morgan fingerprint density at radius 3 is 2.58 bits per heavy atom. The van der Waals surface area contributed by atoms with Crippen molar-refractivity contribution in [2.24, 2.45) is 0 Å². The van der Waals surface area contributed by atoms with Gasteiger partial charge in [-0.15, -0.1) is 16.4 Å². The molecule has 0 fully saturated rings. The third-order valence-corrected chi connectivity index (χ3v) is 6.28. The Kier molecular flexibility index (Phi) is 4.36. The van der Waals surface area contributed by atoms with E-state index in [-0.39, 0.29) is 10.8 Å². The van der Waals surface area contributed by atoms with Crippen molar-refractivity contribution in [2.45, 2.75) is 4.90 Å². The molecule has 0 unspecified atom stereocenters. The third-order valence-electron chi connectivity index (χ3n) is 3.57. The lowest BCUT2D eigenvalue weighted by molar-refractivity contribution is 0.601. The number of halogens is 2. The molecule has 0 aliphatic carbocycles. The summed E-state index contributed by atoms with van der Waals surface area (Å²) in [5.41, 5.74) is 1.43. The van der Waals surface area contributed by atoms with Gasteiger partial charge in [-0.2, -0.15) is 4.98 Å². The van der Waals surface area contributed by atoms with Gasteiger partial charge in [-0.25, -0.2) is 17.7 Å². The van der Waals surface area contributed by atoms with Crippen molar-refractivity contribution in [1.29, 1.82) is 0 Å². The van der Waals surface area contributed by atoms with Gasteiger partial charge in [-0.3, -0.25) is 0 Å². The van der Waals surface area contributed by atoms with Crippen LogP contribution in [-0.4, -0.2) is 23.0 Å². The van der Waals surface area contributed by atoms with Gasteiger partial charge in [0.2, 0.25) is 4.96 Å². The molecule has 2 heterocycles. The number of hydrogen-bond donors (Lipinski definition) is 1. The number of nitrogens with zero attached hydrogens (tertiary/aromatic N) is 3. The van der Waals surface area contributed by atoms with E-state index >= 15 is 0 Å². The molecule has 0 radical (unpaired) electrons. The highest BCUT2D eigenvalue weighted by atomic mass is 35.5. The first-order chi connectivity index (χ1) is 12.4. The van der Waals surface area contributed by atoms with Crippen LogP contribution in [0.25, 0.3) is 16.2 Å². The maximum absolute atomic E-state index is 12.4. The van der Waals surface area contributed by atoms with Crippen molar-refractivity contribution < 1.29 is 8.42 Å². The zero-order valence-electron chi connectivity index (χ0n) is 12.9. The molecule has 2 aromatic heterocycles. The number of thiazole rings is 1. The Bertz CT molecular complexity index is 1200. The predicted molar refractivity (Wildman–Crippen MR) is 104 cm³/mol. The number of nitrogens with one attached hydrogen (secondary N) is 1. The van der Waals surface area contributed by atoms with Gasteiger partial charge in [0.25, 0.3) is 16.0 Å². The largest absolute Gasteiger partial charge is 0.264 e. The zero-order chi connectivity index (χ0) is 18.3. The van der Waals surface area contributed by atoms with Crippen molar-refractivity contribution >= 4 is 55.5 Å². The molecule has 0 aliphatic heterocycles. The second kappa shape index (κ2) is 6.55. The quantitative estimate of drug-likeness (QED) is 0.520. The minimum Gasteiger partial charge on any atom is -0.246 e. The summed E-state index contributed by atoms with van der Waals surface area (Å²) in [5.74, 6) is -0.00737. The van der Waals surface area contributed by atoms with E-state index < -0.39 is 10.0 Å². The van der Waals surface area contributed by atoms with Crippen molar-refractivity contribution in [3.8, 4) is 11.3 Å². The number of benzene rings is 2. The average molecular weight is 425 g/mol. The molecular formula is C16H10Cl2N4O2S2. The Hall–Kier alpha value is -2.13. The molecule has 2 aromatic carbocycles. The highest BCUT2D eigenvalue weighted by Crippen LogP contribution is 2.33. The Morgan fingerprint density at radius 2 is 1.85 bits per heavy atom. The van der Waals surface area contributed by atoms with Crippen LogP contribution in [0.4, 0.5) is 5.95 Å². The lowest BCUT2D eigenvalue weighted by Gasteiger charge is -2.04. The van der Waals surface area contributed by atoms with E-state index in [1.807, 2.05) is 5.38 Å². The van der Waals surface area contributed by atoms with Crippen LogP contribution < -0.4 is 4.72 Å². The Balaban J connectivity index is 1.73. The summed E-state index contributed by atoms with van der Waals surface area (Å²) < 4.78 is 28.8. The van der Waals surface area contributed by atoms with Crippen molar-refractivity contribution in [2.75, 3.05) is 4.72 Å². The van der Waals surface area contributed by atoms with Crippen molar-refractivity contribution in [3.05, 3.63) is 64.0 Å². The Morgan fingerprint density at radius 1 is 1.08 bits per heavy atom. The number of rotatable bonds is 4. The summed E-state index contributed by atoms with van der Waals surface area (Å²) in [6.07, 6.45) is 0. The van der Waals surface area contributed by atoms with Crippen LogP contribution in [0.2, 0.25) is 10.0 Å². The minimum absolute atomic E-state index is 0.00737. The van der Waals surface area contributed by atoms with Crippen molar-refractivity contribution in [1.82, 2.24) is 14.6 Å². The first kappa shape index (κ1) is 17.3. The van der Waals surface area contributed by atoms with Crippen LogP contribution in [0.3, 0.4) is 0 Å². The fourth-order valence-corrected chi connectivity index (χ4v) is 4.67. The summed E-state index contributed by atoms with van der Waals surface area (Å²) in [6.45, 7) is 0. The van der Waals surface area contributed by atoms with Gasteiger partial charge < -0.3 is 0 Å². The average Bonchev–Trinajstić information content (AvgIpc) is 3.16. The normalized spacial score (nSPS) is 11.8. The molecule has 132 valence electrons. The summed E-state index contributed by atoms with van der Waals surface area (Å²) in [7, 11) is -3.76. The lowest BCUT2D eigenvalue weighted by atomic mass is 10.2. The van der Waals surface area contributed by atoms with E-state index in [0.29, 0.717) is 20.7 Å². The van der Waals surface area contributed by atoms with E-state index in [1.54, 1.807) is 40.9 Å². The summed E-state index contributed by atoms with van der Waals surface area (Å²) in [4.78, 5) is 4.90. The van der Waals surface area contributed by atoms with Crippen LogP contribution in [0.15, 0.2) is 58.8 Å². The van der Waals surface area contributed by atoms with E-state index in [2.05, 4.69) is 14.8 Å². The zero-order valence-corrected chi connectivity index (χ0v) is 16.1. The monoisotopic (exact) mass is 424 g/mol. The second-order valence-corrected chi connectivity index (χ2v) is 8.66. The van der Waals surface area contributed by atoms with E-state index in [4.69, 9.17) is 23.2 Å². The van der Waals surface area contributed by atoms with Gasteiger partial charge in [0.15, 0.2) is 0 Å². The standard InChI is InChI=1S/C16H10Cl2N4O2S2/c17-10-6-7-12(13(18)8-10)14-9-25-16-19-15(20-22(14)16)21-26(23,24)11-4-2-1-3-5-11/h1-9H,(H,20,21). The highest BCUT2D eigenvalue weighted by molar-refractivity contribution is 7.92. The minimum atomic E-state index is -3.76. The lowest BCUT2D eigenvalue weighted by Crippen LogP contribution is -2.14. The molecule has 4 aromatic rings. The van der Waals surface area contributed by atoms with Gasteiger partial charge in [0, 0.05) is 16.0 Å². The molecular weight excluding hydrogens is 415 g/mol. The van der Waals surface area contributed by atoms with Crippen LogP contribution in [-0.2, 0) is 10.0 Å². The van der Waals surface area contributed by atoms with Crippen LogP contribution >= 0.6 is 34.5 Å². The van der Waals surface area contributed by atoms with Crippen LogP contribution in [0, 0.1) is 0 Å². The highest BCUT2D eigenvalue weighted by Gasteiger charge is 2.19. The molecule has 6 nitrogen and oxygen atoms in total. The fourth-order valence-electron chi connectivity index (χ4n) is 2.39. The molecule has 0 spiro atoms. The molecule has 26 heavy (non-hydrogen) atoms. The van der Waals surface area contributed by atoms with Crippen molar-refractivity contribution in [3.63, 3.8) is 0 Å². The maximum atomic E-state index is 12.4. The predicted octanol–water partition coefficient (Wildman–Crippen LogP) is 4.57.